The molecule has 0 bridgehead atoms. The fourth-order valence-electron chi connectivity index (χ4n) is 3.07. The molecule has 1 N–H and O–H groups in total. The molecule has 13 heteroatoms. The maximum Gasteiger partial charge on any atom is 0.326 e. The van der Waals surface area contributed by atoms with Crippen LogP contribution < -0.4 is 24.4 Å². The van der Waals surface area contributed by atoms with Gasteiger partial charge in [-0.05, 0) is 26.2 Å². The van der Waals surface area contributed by atoms with E-state index in [0.29, 0.717) is 40.2 Å². The van der Waals surface area contributed by atoms with Gasteiger partial charge in [-0.2, -0.15) is 9.97 Å². The van der Waals surface area contributed by atoms with E-state index in [-0.39, 0.29) is 17.6 Å². The number of anilines is 3. The third kappa shape index (κ3) is 6.58. The van der Waals surface area contributed by atoms with Crippen molar-refractivity contribution in [1.82, 2.24) is 19.9 Å². The number of hydrogen-bond donors (Lipinski definition) is 1. The maximum atomic E-state index is 11.8. The molecule has 0 aliphatic heterocycles. The van der Waals surface area contributed by atoms with Crippen molar-refractivity contribution in [1.29, 1.82) is 0 Å². The normalized spacial score (nSPS) is 10.7. The molecule has 0 aliphatic carbocycles. The molecule has 12 nitrogen and oxygen atoms in total. The van der Waals surface area contributed by atoms with Gasteiger partial charge in [-0.25, -0.2) is 4.98 Å². The molecule has 1 heterocycles. The molecule has 3 aromatic rings. The van der Waals surface area contributed by atoms with E-state index in [0.717, 1.165) is 6.54 Å². The Kier molecular flexibility index (Phi) is 8.44. The number of nitrogens with zero attached hydrogens (tertiary/aromatic N) is 6. The van der Waals surface area contributed by atoms with Crippen LogP contribution in [0, 0.1) is 10.1 Å². The van der Waals surface area contributed by atoms with E-state index in [4.69, 9.17) is 25.8 Å². The number of nitro groups is 1. The highest BCUT2D eigenvalue weighted by Gasteiger charge is 2.22. The van der Waals surface area contributed by atoms with Gasteiger partial charge < -0.3 is 29.3 Å². The molecule has 0 radical (unpaired) electrons. The summed E-state index contributed by atoms with van der Waals surface area (Å²) in [5.41, 5.74) is 0.651. The molecule has 0 aliphatic rings. The minimum atomic E-state index is -0.442. The van der Waals surface area contributed by atoms with Crippen LogP contribution in [-0.4, -0.2) is 73.2 Å². The molecule has 0 amide bonds. The summed E-state index contributed by atoms with van der Waals surface area (Å²) in [6.07, 6.45) is 1.25. The number of rotatable bonds is 11. The second-order valence-corrected chi connectivity index (χ2v) is 8.05. The van der Waals surface area contributed by atoms with Crippen LogP contribution >= 0.6 is 11.6 Å². The van der Waals surface area contributed by atoms with Crippen molar-refractivity contribution >= 4 is 34.6 Å². The van der Waals surface area contributed by atoms with Crippen LogP contribution in [0.4, 0.5) is 23.0 Å². The highest BCUT2D eigenvalue weighted by Crippen LogP contribution is 2.39. The van der Waals surface area contributed by atoms with Gasteiger partial charge in [0.1, 0.15) is 29.3 Å². The molecule has 0 fully saturated rings. The van der Waals surface area contributed by atoms with Gasteiger partial charge in [0, 0.05) is 38.3 Å². The molecule has 1 aromatic heterocycles. The van der Waals surface area contributed by atoms with E-state index in [1.807, 2.05) is 19.0 Å². The lowest BCUT2D eigenvalue weighted by Gasteiger charge is -2.22. The predicted molar refractivity (Wildman–Crippen MR) is 133 cm³/mol. The van der Waals surface area contributed by atoms with Crippen LogP contribution in [0.1, 0.15) is 0 Å². The number of ether oxygens (including phenoxy) is 3. The molecule has 2 aromatic carbocycles. The van der Waals surface area contributed by atoms with Gasteiger partial charge in [-0.3, -0.25) is 10.1 Å². The van der Waals surface area contributed by atoms with E-state index in [9.17, 15) is 10.1 Å². The Bertz CT molecular complexity index is 1190. The van der Waals surface area contributed by atoms with Gasteiger partial charge in [0.05, 0.1) is 29.9 Å². The van der Waals surface area contributed by atoms with Gasteiger partial charge in [-0.1, -0.05) is 11.6 Å². The lowest BCUT2D eigenvalue weighted by atomic mass is 10.2. The highest BCUT2D eigenvalue weighted by molar-refractivity contribution is 6.32. The van der Waals surface area contributed by atoms with Crippen LogP contribution in [0.15, 0.2) is 36.7 Å². The first-order chi connectivity index (χ1) is 16.7. The van der Waals surface area contributed by atoms with E-state index < -0.39 is 4.92 Å². The third-order valence-corrected chi connectivity index (χ3v) is 5.23. The summed E-state index contributed by atoms with van der Waals surface area (Å²) in [5.74, 6) is 1.33. The molecule has 0 saturated heterocycles. The standard InChI is InChI=1S/C22H26ClN7O5/c1-28(2)8-9-29(3)17-12-20(34-5)16(11-18(17)30(31)32)26-21-24-13-25-22(27-21)35-14-6-7-15(23)19(10-14)33-4/h6-7,10-13H,8-9H2,1-5H3,(H,24,25,26,27). The number of halogens is 1. The van der Waals surface area contributed by atoms with Crippen LogP contribution in [0.2, 0.25) is 5.02 Å². The zero-order chi connectivity index (χ0) is 25.5. The van der Waals surface area contributed by atoms with Crippen LogP contribution in [0.25, 0.3) is 0 Å². The second kappa shape index (κ2) is 11.5. The maximum absolute atomic E-state index is 11.8. The number of nitrogens with one attached hydrogen (secondary N) is 1. The summed E-state index contributed by atoms with van der Waals surface area (Å²) in [6.45, 7) is 1.32. The van der Waals surface area contributed by atoms with Gasteiger partial charge in [0.2, 0.25) is 5.95 Å². The number of methoxy groups -OCH3 is 2. The minimum Gasteiger partial charge on any atom is -0.495 e. The fourth-order valence-corrected chi connectivity index (χ4v) is 3.26. The largest absolute Gasteiger partial charge is 0.495 e. The van der Waals surface area contributed by atoms with Crippen LogP contribution in [0.5, 0.6) is 23.3 Å². The van der Waals surface area contributed by atoms with Crippen LogP contribution in [0.3, 0.4) is 0 Å². The van der Waals surface area contributed by atoms with Crippen molar-refractivity contribution < 1.29 is 19.1 Å². The zero-order valence-corrected chi connectivity index (χ0v) is 20.7. The first-order valence-electron chi connectivity index (χ1n) is 10.4. The molecule has 0 saturated carbocycles. The van der Waals surface area contributed by atoms with Crippen molar-refractivity contribution in [2.45, 2.75) is 0 Å². The summed E-state index contributed by atoms with van der Waals surface area (Å²) in [7, 11) is 8.64. The van der Waals surface area contributed by atoms with Gasteiger partial charge in [-0.15, -0.1) is 0 Å². The minimum absolute atomic E-state index is 0.000353. The Labute approximate surface area is 207 Å². The predicted octanol–water partition coefficient (Wildman–Crippen LogP) is 3.98. The summed E-state index contributed by atoms with van der Waals surface area (Å²) in [4.78, 5) is 27.5. The Morgan fingerprint density at radius 3 is 2.46 bits per heavy atom. The summed E-state index contributed by atoms with van der Waals surface area (Å²) >= 11 is 6.04. The summed E-state index contributed by atoms with van der Waals surface area (Å²) < 4.78 is 16.3. The molecule has 35 heavy (non-hydrogen) atoms. The molecule has 0 unspecified atom stereocenters. The topological polar surface area (TPSA) is 128 Å². The van der Waals surface area contributed by atoms with Crippen molar-refractivity contribution in [3.8, 4) is 23.3 Å². The highest BCUT2D eigenvalue weighted by atomic mass is 35.5. The smallest absolute Gasteiger partial charge is 0.326 e. The molecule has 0 atom stereocenters. The van der Waals surface area contributed by atoms with Crippen molar-refractivity contribution in [2.75, 3.05) is 58.7 Å². The van der Waals surface area contributed by atoms with E-state index in [1.165, 1.54) is 26.6 Å². The van der Waals surface area contributed by atoms with Gasteiger partial charge >= 0.3 is 6.01 Å². The van der Waals surface area contributed by atoms with Gasteiger partial charge in [0.15, 0.2) is 0 Å². The lowest BCUT2D eigenvalue weighted by molar-refractivity contribution is -0.384. The van der Waals surface area contributed by atoms with Gasteiger partial charge in [0.25, 0.3) is 5.69 Å². The molecule has 0 spiro atoms. The Balaban J connectivity index is 1.88. The van der Waals surface area contributed by atoms with Crippen molar-refractivity contribution in [3.05, 3.63) is 51.8 Å². The number of nitro benzene ring substituents is 1. The monoisotopic (exact) mass is 503 g/mol. The second-order valence-electron chi connectivity index (χ2n) is 7.64. The van der Waals surface area contributed by atoms with E-state index in [1.54, 1.807) is 36.2 Å². The van der Waals surface area contributed by atoms with Crippen molar-refractivity contribution in [2.24, 2.45) is 0 Å². The Hall–Kier alpha value is -3.90. The van der Waals surface area contributed by atoms with E-state index in [2.05, 4.69) is 20.3 Å². The van der Waals surface area contributed by atoms with E-state index >= 15 is 0 Å². The summed E-state index contributed by atoms with van der Waals surface area (Å²) in [5, 5.41) is 15.2. The Morgan fingerprint density at radius 1 is 1.06 bits per heavy atom. The quantitative estimate of drug-likeness (QED) is 0.301. The number of hydrogen-bond acceptors (Lipinski definition) is 11. The fraction of sp³-hybridized carbons (Fsp3) is 0.318. The molecule has 186 valence electrons. The average molecular weight is 504 g/mol. The lowest BCUT2D eigenvalue weighted by Crippen LogP contribution is -2.28. The van der Waals surface area contributed by atoms with Crippen molar-refractivity contribution in [3.63, 3.8) is 0 Å². The molecule has 3 rings (SSSR count). The molecular weight excluding hydrogens is 478 g/mol. The number of aromatic nitrogens is 3. The SMILES string of the molecule is COc1cc(Oc2ncnc(Nc3cc([N+](=O)[O-])c(N(C)CCN(C)C)cc3OC)n2)ccc1Cl. The first-order valence-corrected chi connectivity index (χ1v) is 10.8. The number of likely N-dealkylation sites (N-methyl/N-ethyl adjacent to an activating group) is 2. The zero-order valence-electron chi connectivity index (χ0n) is 20.0. The summed E-state index contributed by atoms with van der Waals surface area (Å²) in [6, 6.07) is 7.84. The number of benzene rings is 2. The Morgan fingerprint density at radius 2 is 1.80 bits per heavy atom. The first kappa shape index (κ1) is 25.7. The average Bonchev–Trinajstić information content (AvgIpc) is 2.83. The third-order valence-electron chi connectivity index (χ3n) is 4.92. The van der Waals surface area contributed by atoms with Crippen LogP contribution in [-0.2, 0) is 0 Å². The molecular formula is C22H26ClN7O5.